The van der Waals surface area contributed by atoms with Gasteiger partial charge in [0.25, 0.3) is 0 Å². The van der Waals surface area contributed by atoms with E-state index in [2.05, 4.69) is 5.32 Å². The molecule has 1 heterocycles. The van der Waals surface area contributed by atoms with Gasteiger partial charge in [-0.25, -0.2) is 4.39 Å². The molecule has 2 aromatic carbocycles. The third-order valence-corrected chi connectivity index (χ3v) is 4.99. The zero-order valence-electron chi connectivity index (χ0n) is 15.1. The topological polar surface area (TPSA) is 49.4 Å². The Balaban J connectivity index is 1.68. The molecule has 27 heavy (non-hydrogen) atoms. The lowest BCUT2D eigenvalue weighted by Crippen LogP contribution is -2.54. The molecule has 142 valence electrons. The van der Waals surface area contributed by atoms with Crippen LogP contribution in [0.25, 0.3) is 0 Å². The van der Waals surface area contributed by atoms with Gasteiger partial charge in [0.05, 0.1) is 0 Å². The smallest absolute Gasteiger partial charge is 0.243 e. The SMILES string of the molecule is CC(Cl)C(=O)N1Cc2ccccc2CC1C(=O)NCCc1ccc(F)cc1. The van der Waals surface area contributed by atoms with Crippen LogP contribution in [0.3, 0.4) is 0 Å². The normalized spacial score (nSPS) is 17.1. The van der Waals surface area contributed by atoms with Crippen molar-refractivity contribution in [3.63, 3.8) is 0 Å². The van der Waals surface area contributed by atoms with E-state index in [-0.39, 0.29) is 17.6 Å². The first-order chi connectivity index (χ1) is 13.0. The van der Waals surface area contributed by atoms with E-state index in [1.165, 1.54) is 12.1 Å². The summed E-state index contributed by atoms with van der Waals surface area (Å²) in [5.74, 6) is -0.727. The highest BCUT2D eigenvalue weighted by Crippen LogP contribution is 2.25. The molecular weight excluding hydrogens is 367 g/mol. The largest absolute Gasteiger partial charge is 0.354 e. The first-order valence-electron chi connectivity index (χ1n) is 8.99. The predicted molar refractivity (Wildman–Crippen MR) is 103 cm³/mol. The second-order valence-electron chi connectivity index (χ2n) is 6.74. The number of rotatable bonds is 5. The fourth-order valence-electron chi connectivity index (χ4n) is 3.32. The number of amides is 2. The number of alkyl halides is 1. The highest BCUT2D eigenvalue weighted by Gasteiger charge is 2.35. The summed E-state index contributed by atoms with van der Waals surface area (Å²) in [6.45, 7) is 2.41. The molecule has 2 unspecified atom stereocenters. The lowest BCUT2D eigenvalue weighted by atomic mass is 9.93. The van der Waals surface area contributed by atoms with Gasteiger partial charge in [-0.15, -0.1) is 11.6 Å². The van der Waals surface area contributed by atoms with Gasteiger partial charge in [0.2, 0.25) is 11.8 Å². The summed E-state index contributed by atoms with van der Waals surface area (Å²) < 4.78 is 13.0. The van der Waals surface area contributed by atoms with Gasteiger partial charge in [-0.3, -0.25) is 9.59 Å². The Morgan fingerprint density at radius 3 is 2.52 bits per heavy atom. The Kier molecular flexibility index (Phi) is 6.11. The molecule has 1 aliphatic rings. The van der Waals surface area contributed by atoms with Crippen molar-refractivity contribution in [1.82, 2.24) is 10.2 Å². The Morgan fingerprint density at radius 2 is 1.85 bits per heavy atom. The predicted octanol–water partition coefficient (Wildman–Crippen LogP) is 3.07. The average Bonchev–Trinajstić information content (AvgIpc) is 2.67. The number of hydrogen-bond donors (Lipinski definition) is 1. The Bertz CT molecular complexity index is 823. The molecule has 0 saturated heterocycles. The summed E-state index contributed by atoms with van der Waals surface area (Å²) in [7, 11) is 0. The van der Waals surface area contributed by atoms with E-state index in [1.54, 1.807) is 24.0 Å². The second-order valence-corrected chi connectivity index (χ2v) is 7.39. The summed E-state index contributed by atoms with van der Waals surface area (Å²) in [5.41, 5.74) is 3.05. The lowest BCUT2D eigenvalue weighted by molar-refractivity contribution is -0.141. The van der Waals surface area contributed by atoms with Crippen LogP contribution >= 0.6 is 11.6 Å². The van der Waals surface area contributed by atoms with Crippen LogP contribution < -0.4 is 5.32 Å². The Hall–Kier alpha value is -2.40. The lowest BCUT2D eigenvalue weighted by Gasteiger charge is -2.36. The molecule has 0 saturated carbocycles. The zero-order valence-corrected chi connectivity index (χ0v) is 15.9. The number of hydrogen-bond acceptors (Lipinski definition) is 2. The molecule has 2 aromatic rings. The highest BCUT2D eigenvalue weighted by molar-refractivity contribution is 6.30. The molecule has 0 aliphatic carbocycles. The monoisotopic (exact) mass is 388 g/mol. The first kappa shape index (κ1) is 19.4. The van der Waals surface area contributed by atoms with Gasteiger partial charge >= 0.3 is 0 Å². The maximum atomic E-state index is 13.0. The number of nitrogens with zero attached hydrogens (tertiary/aromatic N) is 1. The van der Waals surface area contributed by atoms with E-state index in [0.29, 0.717) is 25.9 Å². The Labute approximate surface area is 163 Å². The van der Waals surface area contributed by atoms with Crippen molar-refractivity contribution in [2.45, 2.75) is 37.7 Å². The van der Waals surface area contributed by atoms with Gasteiger partial charge in [0.15, 0.2) is 0 Å². The summed E-state index contributed by atoms with van der Waals surface area (Å²) in [5, 5.41) is 2.21. The minimum atomic E-state index is -0.690. The fourth-order valence-corrected chi connectivity index (χ4v) is 3.44. The molecule has 2 amide bonds. The maximum Gasteiger partial charge on any atom is 0.243 e. The van der Waals surface area contributed by atoms with Gasteiger partial charge in [-0.1, -0.05) is 36.4 Å². The fraction of sp³-hybridized carbons (Fsp3) is 0.333. The summed E-state index contributed by atoms with van der Waals surface area (Å²) in [6.07, 6.45) is 1.06. The van der Waals surface area contributed by atoms with E-state index in [1.807, 2.05) is 24.3 Å². The van der Waals surface area contributed by atoms with Crippen molar-refractivity contribution in [1.29, 1.82) is 0 Å². The van der Waals surface area contributed by atoms with Gasteiger partial charge in [-0.05, 0) is 42.2 Å². The summed E-state index contributed by atoms with van der Waals surface area (Å²) in [4.78, 5) is 26.9. The van der Waals surface area contributed by atoms with E-state index >= 15 is 0 Å². The van der Waals surface area contributed by atoms with Gasteiger partial charge in [0.1, 0.15) is 17.2 Å². The van der Waals surface area contributed by atoms with Gasteiger partial charge < -0.3 is 10.2 Å². The van der Waals surface area contributed by atoms with Crippen LogP contribution in [-0.2, 0) is 29.0 Å². The van der Waals surface area contributed by atoms with Crippen LogP contribution in [0.2, 0.25) is 0 Å². The van der Waals surface area contributed by atoms with Crippen LogP contribution in [-0.4, -0.2) is 34.7 Å². The molecule has 0 spiro atoms. The van der Waals surface area contributed by atoms with Crippen LogP contribution in [0.5, 0.6) is 0 Å². The highest BCUT2D eigenvalue weighted by atomic mass is 35.5. The molecule has 2 atom stereocenters. The maximum absolute atomic E-state index is 13.0. The number of halogens is 2. The number of carbonyl (C=O) groups excluding carboxylic acids is 2. The third kappa shape index (κ3) is 4.66. The molecule has 4 nitrogen and oxygen atoms in total. The molecule has 6 heteroatoms. The van der Waals surface area contributed by atoms with Crippen LogP contribution in [0.4, 0.5) is 4.39 Å². The molecular formula is C21H22ClFN2O2. The summed E-state index contributed by atoms with van der Waals surface area (Å²) in [6, 6.07) is 13.4. The van der Waals surface area contributed by atoms with Gasteiger partial charge in [-0.2, -0.15) is 0 Å². The molecule has 0 radical (unpaired) electrons. The molecule has 0 aromatic heterocycles. The van der Waals surface area contributed by atoms with E-state index in [0.717, 1.165) is 16.7 Å². The number of nitrogens with one attached hydrogen (secondary N) is 1. The quantitative estimate of drug-likeness (QED) is 0.800. The molecule has 1 N–H and O–H groups in total. The van der Waals surface area contributed by atoms with Crippen molar-refractivity contribution >= 4 is 23.4 Å². The molecule has 0 bridgehead atoms. The third-order valence-electron chi connectivity index (χ3n) is 4.80. The van der Waals surface area contributed by atoms with Crippen molar-refractivity contribution in [2.75, 3.05) is 6.54 Å². The molecule has 1 aliphatic heterocycles. The number of fused-ring (bicyclic) bond motifs is 1. The van der Waals surface area contributed by atoms with Crippen LogP contribution in [0.15, 0.2) is 48.5 Å². The van der Waals surface area contributed by atoms with Crippen LogP contribution in [0.1, 0.15) is 23.6 Å². The second kappa shape index (κ2) is 8.53. The standard InChI is InChI=1S/C21H22ClFN2O2/c1-14(22)21(27)25-13-17-5-3-2-4-16(17)12-19(25)20(26)24-11-10-15-6-8-18(23)9-7-15/h2-9,14,19H,10-13H2,1H3,(H,24,26). The van der Waals surface area contributed by atoms with Crippen LogP contribution in [0, 0.1) is 5.82 Å². The minimum absolute atomic E-state index is 0.197. The minimum Gasteiger partial charge on any atom is -0.354 e. The van der Waals surface area contributed by atoms with E-state index < -0.39 is 11.4 Å². The van der Waals surface area contributed by atoms with Crippen molar-refractivity contribution in [3.8, 4) is 0 Å². The average molecular weight is 389 g/mol. The van der Waals surface area contributed by atoms with E-state index in [4.69, 9.17) is 11.6 Å². The van der Waals surface area contributed by atoms with Crippen molar-refractivity contribution in [3.05, 3.63) is 71.0 Å². The number of benzene rings is 2. The summed E-state index contributed by atoms with van der Waals surface area (Å²) >= 11 is 6.00. The van der Waals surface area contributed by atoms with E-state index in [9.17, 15) is 14.0 Å². The van der Waals surface area contributed by atoms with Crippen molar-refractivity contribution in [2.24, 2.45) is 0 Å². The number of carbonyl (C=O) groups is 2. The molecule has 3 rings (SSSR count). The zero-order chi connectivity index (χ0) is 19.4. The van der Waals surface area contributed by atoms with Gasteiger partial charge in [0, 0.05) is 19.5 Å². The Morgan fingerprint density at radius 1 is 1.19 bits per heavy atom. The first-order valence-corrected chi connectivity index (χ1v) is 9.43. The molecule has 0 fully saturated rings. The van der Waals surface area contributed by atoms with Crippen molar-refractivity contribution < 1.29 is 14.0 Å².